The standard InChI is InChI=1S/C15H16F4O4/c1-22-13(21)5-3-2-4-12(20)10-6-8-11(9-7-10)23-15(18,19)14(16)17/h6-9,14H,2-5H2,1H3. The summed E-state index contributed by atoms with van der Waals surface area (Å²) in [6.45, 7) is 0. The molecular weight excluding hydrogens is 320 g/mol. The van der Waals surface area contributed by atoms with E-state index in [1.54, 1.807) is 0 Å². The van der Waals surface area contributed by atoms with Crippen LogP contribution in [0.5, 0.6) is 5.75 Å². The Labute approximate surface area is 130 Å². The van der Waals surface area contributed by atoms with Crippen LogP contribution in [0.3, 0.4) is 0 Å². The van der Waals surface area contributed by atoms with Crippen LogP contribution >= 0.6 is 0 Å². The van der Waals surface area contributed by atoms with Gasteiger partial charge in [-0.1, -0.05) is 0 Å². The van der Waals surface area contributed by atoms with E-state index in [1.807, 2.05) is 0 Å². The number of unbranched alkanes of at least 4 members (excludes halogenated alkanes) is 1. The van der Waals surface area contributed by atoms with E-state index in [0.717, 1.165) is 12.1 Å². The lowest BCUT2D eigenvalue weighted by atomic mass is 10.0. The molecule has 1 aromatic carbocycles. The lowest BCUT2D eigenvalue weighted by Crippen LogP contribution is -2.33. The van der Waals surface area contributed by atoms with Crippen LogP contribution in [0.15, 0.2) is 24.3 Å². The zero-order chi connectivity index (χ0) is 17.5. The molecule has 0 fully saturated rings. The summed E-state index contributed by atoms with van der Waals surface area (Å²) in [5, 5.41) is 0. The summed E-state index contributed by atoms with van der Waals surface area (Å²) in [5.74, 6) is -1.07. The maximum Gasteiger partial charge on any atom is 0.461 e. The van der Waals surface area contributed by atoms with Crippen molar-refractivity contribution in [3.8, 4) is 5.75 Å². The molecule has 0 bridgehead atoms. The zero-order valence-corrected chi connectivity index (χ0v) is 12.4. The second-order valence-electron chi connectivity index (χ2n) is 4.70. The van der Waals surface area contributed by atoms with Crippen molar-refractivity contribution < 1.29 is 36.6 Å². The number of carbonyl (C=O) groups excluding carboxylic acids is 2. The van der Waals surface area contributed by atoms with E-state index in [1.165, 1.54) is 19.2 Å². The Balaban J connectivity index is 2.49. The van der Waals surface area contributed by atoms with Gasteiger partial charge >= 0.3 is 18.5 Å². The first-order valence-electron chi connectivity index (χ1n) is 6.81. The highest BCUT2D eigenvalue weighted by atomic mass is 19.3. The van der Waals surface area contributed by atoms with Crippen LogP contribution in [0.4, 0.5) is 17.6 Å². The van der Waals surface area contributed by atoms with Gasteiger partial charge in [0.1, 0.15) is 5.75 Å². The van der Waals surface area contributed by atoms with Gasteiger partial charge in [-0.15, -0.1) is 0 Å². The molecule has 0 heterocycles. The number of carbonyl (C=O) groups is 2. The van der Waals surface area contributed by atoms with Crippen molar-refractivity contribution in [2.75, 3.05) is 7.11 Å². The first-order chi connectivity index (χ1) is 10.8. The zero-order valence-electron chi connectivity index (χ0n) is 12.4. The Bertz CT molecular complexity index is 529. The van der Waals surface area contributed by atoms with Crippen LogP contribution in [0, 0.1) is 0 Å². The SMILES string of the molecule is COC(=O)CCCCC(=O)c1ccc(OC(F)(F)C(F)F)cc1. The van der Waals surface area contributed by atoms with Crippen LogP contribution in [-0.2, 0) is 9.53 Å². The molecule has 128 valence electrons. The summed E-state index contributed by atoms with van der Waals surface area (Å²) in [5.41, 5.74) is 0.246. The number of benzene rings is 1. The monoisotopic (exact) mass is 336 g/mol. The number of hydrogen-bond donors (Lipinski definition) is 0. The lowest BCUT2D eigenvalue weighted by molar-refractivity contribution is -0.253. The molecule has 8 heteroatoms. The highest BCUT2D eigenvalue weighted by Crippen LogP contribution is 2.27. The molecule has 0 aliphatic carbocycles. The second-order valence-corrected chi connectivity index (χ2v) is 4.70. The first kappa shape index (κ1) is 18.9. The molecule has 0 amide bonds. The van der Waals surface area contributed by atoms with E-state index in [0.29, 0.717) is 12.8 Å². The molecule has 0 atom stereocenters. The van der Waals surface area contributed by atoms with Crippen molar-refractivity contribution in [3.05, 3.63) is 29.8 Å². The second kappa shape index (κ2) is 8.50. The number of halogens is 4. The number of methoxy groups -OCH3 is 1. The molecule has 0 radical (unpaired) electrons. The normalized spacial score (nSPS) is 11.4. The van der Waals surface area contributed by atoms with Crippen molar-refractivity contribution in [3.63, 3.8) is 0 Å². The van der Waals surface area contributed by atoms with Crippen molar-refractivity contribution in [1.82, 2.24) is 0 Å². The van der Waals surface area contributed by atoms with Crippen LogP contribution in [-0.4, -0.2) is 31.4 Å². The Kier molecular flexibility index (Phi) is 6.99. The number of hydrogen-bond acceptors (Lipinski definition) is 4. The largest absolute Gasteiger partial charge is 0.469 e. The lowest BCUT2D eigenvalue weighted by Gasteiger charge is -2.16. The van der Waals surface area contributed by atoms with Crippen LogP contribution in [0.2, 0.25) is 0 Å². The highest BCUT2D eigenvalue weighted by Gasteiger charge is 2.43. The minimum absolute atomic E-state index is 0.171. The molecule has 1 aromatic rings. The molecule has 0 spiro atoms. The Morgan fingerprint density at radius 2 is 1.65 bits per heavy atom. The van der Waals surface area contributed by atoms with E-state index < -0.39 is 18.3 Å². The third-order valence-corrected chi connectivity index (χ3v) is 2.95. The van der Waals surface area contributed by atoms with Gasteiger partial charge in [-0.3, -0.25) is 9.59 Å². The third kappa shape index (κ3) is 6.25. The fourth-order valence-corrected chi connectivity index (χ4v) is 1.71. The molecule has 0 aliphatic rings. The summed E-state index contributed by atoms with van der Waals surface area (Å²) in [6.07, 6.45) is -7.20. The Morgan fingerprint density at radius 3 is 2.17 bits per heavy atom. The van der Waals surface area contributed by atoms with Gasteiger partial charge in [-0.2, -0.15) is 17.6 Å². The maximum atomic E-state index is 12.7. The fraction of sp³-hybridized carbons (Fsp3) is 0.467. The van der Waals surface area contributed by atoms with Gasteiger partial charge in [0, 0.05) is 18.4 Å². The number of alkyl halides is 4. The molecule has 0 saturated heterocycles. The third-order valence-electron chi connectivity index (χ3n) is 2.95. The Hall–Kier alpha value is -2.12. The predicted octanol–water partition coefficient (Wildman–Crippen LogP) is 3.84. The first-order valence-corrected chi connectivity index (χ1v) is 6.81. The van der Waals surface area contributed by atoms with Crippen molar-refractivity contribution in [1.29, 1.82) is 0 Å². The van der Waals surface area contributed by atoms with Crippen molar-refractivity contribution in [2.45, 2.75) is 38.2 Å². The number of rotatable bonds is 9. The summed E-state index contributed by atoms with van der Waals surface area (Å²) in [4.78, 5) is 22.7. The number of Topliss-reactive ketones (excluding diaryl/α,β-unsaturated/α-hetero) is 1. The molecule has 0 N–H and O–H groups in total. The molecule has 1 rings (SSSR count). The smallest absolute Gasteiger partial charge is 0.461 e. The van der Waals surface area contributed by atoms with Crippen molar-refractivity contribution in [2.24, 2.45) is 0 Å². The van der Waals surface area contributed by atoms with E-state index in [-0.39, 0.29) is 30.2 Å². The minimum Gasteiger partial charge on any atom is -0.469 e. The van der Waals surface area contributed by atoms with Crippen LogP contribution in [0.25, 0.3) is 0 Å². The summed E-state index contributed by atoms with van der Waals surface area (Å²) < 4.78 is 57.8. The molecule has 0 aromatic heterocycles. The molecule has 0 unspecified atom stereocenters. The van der Waals surface area contributed by atoms with Gasteiger partial charge in [0.2, 0.25) is 0 Å². The summed E-state index contributed by atoms with van der Waals surface area (Å²) in [6, 6.07) is 4.50. The van der Waals surface area contributed by atoms with Gasteiger partial charge < -0.3 is 9.47 Å². The van der Waals surface area contributed by atoms with Crippen molar-refractivity contribution >= 4 is 11.8 Å². The van der Waals surface area contributed by atoms with E-state index in [2.05, 4.69) is 9.47 Å². The maximum absolute atomic E-state index is 12.7. The minimum atomic E-state index is -4.58. The molecule has 23 heavy (non-hydrogen) atoms. The van der Waals surface area contributed by atoms with Gasteiger partial charge in [-0.25, -0.2) is 0 Å². The van der Waals surface area contributed by atoms with E-state index in [9.17, 15) is 27.2 Å². The molecule has 0 aliphatic heterocycles. The molecule has 4 nitrogen and oxygen atoms in total. The van der Waals surface area contributed by atoms with Gasteiger partial charge in [0.15, 0.2) is 5.78 Å². The number of ether oxygens (including phenoxy) is 2. The average Bonchev–Trinajstić information content (AvgIpc) is 2.51. The van der Waals surface area contributed by atoms with Gasteiger partial charge in [0.25, 0.3) is 0 Å². The quantitative estimate of drug-likeness (QED) is 0.298. The number of esters is 1. The highest BCUT2D eigenvalue weighted by molar-refractivity contribution is 5.96. The van der Waals surface area contributed by atoms with Crippen LogP contribution in [0.1, 0.15) is 36.0 Å². The van der Waals surface area contributed by atoms with Gasteiger partial charge in [0.05, 0.1) is 7.11 Å². The van der Waals surface area contributed by atoms with E-state index in [4.69, 9.17) is 0 Å². The summed E-state index contributed by atoms with van der Waals surface area (Å²) in [7, 11) is 1.27. The topological polar surface area (TPSA) is 52.6 Å². The fourth-order valence-electron chi connectivity index (χ4n) is 1.71. The van der Waals surface area contributed by atoms with Gasteiger partial charge in [-0.05, 0) is 37.1 Å². The predicted molar refractivity (Wildman–Crippen MR) is 72.8 cm³/mol. The van der Waals surface area contributed by atoms with E-state index >= 15 is 0 Å². The molecule has 0 saturated carbocycles. The number of ketones is 1. The molecular formula is C15H16F4O4. The average molecular weight is 336 g/mol. The summed E-state index contributed by atoms with van der Waals surface area (Å²) >= 11 is 0. The van der Waals surface area contributed by atoms with Crippen LogP contribution < -0.4 is 4.74 Å². The Morgan fingerprint density at radius 1 is 1.09 bits per heavy atom.